The van der Waals surface area contributed by atoms with Gasteiger partial charge < -0.3 is 9.47 Å². The van der Waals surface area contributed by atoms with Gasteiger partial charge in [-0.1, -0.05) is 12.1 Å². The normalized spacial score (nSPS) is 13.6. The lowest BCUT2D eigenvalue weighted by atomic mass is 9.93. The summed E-state index contributed by atoms with van der Waals surface area (Å²) in [6.45, 7) is 0. The number of carbonyl (C=O) groups is 3. The minimum absolute atomic E-state index is 0.0256. The van der Waals surface area contributed by atoms with Crippen molar-refractivity contribution in [2.45, 2.75) is 4.90 Å². The van der Waals surface area contributed by atoms with Gasteiger partial charge in [-0.15, -0.1) is 11.8 Å². The van der Waals surface area contributed by atoms with Gasteiger partial charge in [0.15, 0.2) is 11.5 Å². The number of benzene rings is 1. The number of ketones is 2. The van der Waals surface area contributed by atoms with Gasteiger partial charge in [0.25, 0.3) is 0 Å². The minimum Gasteiger partial charge on any atom is -0.492 e. The van der Waals surface area contributed by atoms with Crippen molar-refractivity contribution in [2.75, 3.05) is 20.0 Å². The van der Waals surface area contributed by atoms with Gasteiger partial charge in [0.05, 0.1) is 20.0 Å². The summed E-state index contributed by atoms with van der Waals surface area (Å²) < 4.78 is 9.45. The third kappa shape index (κ3) is 2.60. The minimum atomic E-state index is -0.393. The highest BCUT2D eigenvalue weighted by Crippen LogP contribution is 2.30. The number of rotatable bonds is 4. The molecule has 0 spiro atoms. The van der Waals surface area contributed by atoms with E-state index in [4.69, 9.17) is 4.74 Å². The maximum atomic E-state index is 12.1. The number of allylic oxidation sites excluding steroid dienone is 2. The first-order chi connectivity index (χ1) is 9.58. The van der Waals surface area contributed by atoms with Crippen molar-refractivity contribution in [2.24, 2.45) is 0 Å². The first kappa shape index (κ1) is 14.3. The van der Waals surface area contributed by atoms with Crippen molar-refractivity contribution in [1.82, 2.24) is 0 Å². The lowest BCUT2D eigenvalue weighted by Crippen LogP contribution is -2.19. The van der Waals surface area contributed by atoms with E-state index in [1.807, 2.05) is 0 Å². The fourth-order valence-corrected chi connectivity index (χ4v) is 2.75. The van der Waals surface area contributed by atoms with Crippen LogP contribution in [0.25, 0.3) is 0 Å². The molecule has 0 aliphatic heterocycles. The molecule has 1 aliphatic carbocycles. The van der Waals surface area contributed by atoms with E-state index in [1.165, 1.54) is 20.3 Å². The summed E-state index contributed by atoms with van der Waals surface area (Å²) in [4.78, 5) is 35.9. The number of ether oxygens (including phenoxy) is 2. The zero-order chi connectivity index (χ0) is 14.7. The van der Waals surface area contributed by atoms with Crippen molar-refractivity contribution < 1.29 is 23.9 Å². The highest BCUT2D eigenvalue weighted by atomic mass is 32.2. The number of carbonyl (C=O) groups excluding carboxylic acids is 3. The van der Waals surface area contributed by atoms with Crippen molar-refractivity contribution >= 4 is 29.3 Å². The van der Waals surface area contributed by atoms with Crippen LogP contribution in [0, 0.1) is 0 Å². The topological polar surface area (TPSA) is 69.7 Å². The van der Waals surface area contributed by atoms with Gasteiger partial charge in [-0.05, 0) is 6.07 Å². The standard InChI is InChI=1S/C14H12O5S/c1-18-10-6-9(15)13-8(14(10)17)4-3-5-11(13)20-7-12(16)19-2/h3-6H,7H2,1-2H3. The van der Waals surface area contributed by atoms with E-state index >= 15 is 0 Å². The van der Waals surface area contributed by atoms with Crippen molar-refractivity contribution in [1.29, 1.82) is 0 Å². The number of fused-ring (bicyclic) bond motifs is 1. The molecular formula is C14H12O5S. The van der Waals surface area contributed by atoms with Crippen molar-refractivity contribution in [3.05, 3.63) is 41.2 Å². The average Bonchev–Trinajstić information content (AvgIpc) is 2.47. The summed E-state index contributed by atoms with van der Waals surface area (Å²) in [5.41, 5.74) is 0.608. The van der Waals surface area contributed by atoms with Crippen LogP contribution in [0.4, 0.5) is 0 Å². The number of Topliss-reactive ketones (excluding diaryl/α,β-unsaturated/α-hetero) is 1. The highest BCUT2D eigenvalue weighted by Gasteiger charge is 2.28. The summed E-state index contributed by atoms with van der Waals surface area (Å²) in [5.74, 6) is -0.921. The molecule has 1 aliphatic rings. The Morgan fingerprint density at radius 2 is 2.00 bits per heavy atom. The van der Waals surface area contributed by atoms with Crippen LogP contribution in [-0.2, 0) is 14.3 Å². The molecule has 2 rings (SSSR count). The van der Waals surface area contributed by atoms with Crippen LogP contribution in [0.5, 0.6) is 0 Å². The van der Waals surface area contributed by atoms with Crippen LogP contribution in [0.15, 0.2) is 34.9 Å². The molecule has 104 valence electrons. The SMILES string of the molecule is COC(=O)CSc1cccc2c1C(=O)C=C(OC)C2=O. The van der Waals surface area contributed by atoms with Gasteiger partial charge in [0.2, 0.25) is 5.78 Å². The van der Waals surface area contributed by atoms with Gasteiger partial charge >= 0.3 is 5.97 Å². The zero-order valence-corrected chi connectivity index (χ0v) is 11.8. The fourth-order valence-electron chi connectivity index (χ4n) is 1.83. The van der Waals surface area contributed by atoms with Gasteiger partial charge in [-0.2, -0.15) is 0 Å². The molecule has 0 heterocycles. The Hall–Kier alpha value is -2.08. The Labute approximate surface area is 119 Å². The van der Waals surface area contributed by atoms with E-state index < -0.39 is 5.97 Å². The predicted molar refractivity (Wildman–Crippen MR) is 72.9 cm³/mol. The monoisotopic (exact) mass is 292 g/mol. The predicted octanol–water partition coefficient (Wildman–Crippen LogP) is 1.86. The number of methoxy groups -OCH3 is 2. The third-order valence-corrected chi connectivity index (χ3v) is 3.83. The Morgan fingerprint density at radius 1 is 1.25 bits per heavy atom. The van der Waals surface area contributed by atoms with Crippen molar-refractivity contribution in [3.63, 3.8) is 0 Å². The molecule has 0 saturated heterocycles. The summed E-state index contributed by atoms with van der Waals surface area (Å²) in [6.07, 6.45) is 1.17. The summed E-state index contributed by atoms with van der Waals surface area (Å²) >= 11 is 1.16. The molecule has 6 heteroatoms. The fraction of sp³-hybridized carbons (Fsp3) is 0.214. The van der Waals surface area contributed by atoms with Crippen LogP contribution < -0.4 is 0 Å². The van der Waals surface area contributed by atoms with Crippen LogP contribution in [0.3, 0.4) is 0 Å². The Balaban J connectivity index is 2.38. The number of hydrogen-bond acceptors (Lipinski definition) is 6. The summed E-state index contributed by atoms with van der Waals surface area (Å²) in [7, 11) is 2.64. The molecule has 0 fully saturated rings. The Morgan fingerprint density at radius 3 is 2.65 bits per heavy atom. The molecule has 0 aromatic heterocycles. The molecular weight excluding hydrogens is 280 g/mol. The van der Waals surface area contributed by atoms with E-state index in [-0.39, 0.29) is 23.1 Å². The first-order valence-corrected chi connectivity index (χ1v) is 6.74. The molecule has 20 heavy (non-hydrogen) atoms. The quantitative estimate of drug-likeness (QED) is 0.623. The van der Waals surface area contributed by atoms with E-state index in [2.05, 4.69) is 4.74 Å². The van der Waals surface area contributed by atoms with Gasteiger partial charge in [0.1, 0.15) is 0 Å². The molecule has 1 aromatic carbocycles. The van der Waals surface area contributed by atoms with E-state index in [1.54, 1.807) is 18.2 Å². The second kappa shape index (κ2) is 5.92. The van der Waals surface area contributed by atoms with Gasteiger partial charge in [-0.3, -0.25) is 14.4 Å². The molecule has 0 radical (unpaired) electrons. The number of thioether (sulfide) groups is 1. The maximum Gasteiger partial charge on any atom is 0.315 e. The average molecular weight is 292 g/mol. The molecule has 0 unspecified atom stereocenters. The lowest BCUT2D eigenvalue weighted by molar-refractivity contribution is -0.137. The van der Waals surface area contributed by atoms with Crippen LogP contribution in [0.1, 0.15) is 20.7 Å². The van der Waals surface area contributed by atoms with E-state index in [9.17, 15) is 14.4 Å². The smallest absolute Gasteiger partial charge is 0.315 e. The van der Waals surface area contributed by atoms with Crippen LogP contribution >= 0.6 is 11.8 Å². The lowest BCUT2D eigenvalue weighted by Gasteiger charge is -2.16. The second-order valence-electron chi connectivity index (χ2n) is 3.95. The number of esters is 1. The molecule has 5 nitrogen and oxygen atoms in total. The molecule has 1 aromatic rings. The number of hydrogen-bond donors (Lipinski definition) is 0. The molecule has 0 amide bonds. The maximum absolute atomic E-state index is 12.1. The Bertz CT molecular complexity index is 618. The third-order valence-electron chi connectivity index (χ3n) is 2.80. The molecule has 0 N–H and O–H groups in total. The summed E-state index contributed by atoms with van der Waals surface area (Å²) in [5, 5.41) is 0. The molecule has 0 bridgehead atoms. The van der Waals surface area contributed by atoms with Crippen LogP contribution in [0.2, 0.25) is 0 Å². The second-order valence-corrected chi connectivity index (χ2v) is 4.97. The Kier molecular flexibility index (Phi) is 4.24. The highest BCUT2D eigenvalue weighted by molar-refractivity contribution is 8.00. The van der Waals surface area contributed by atoms with Crippen molar-refractivity contribution in [3.8, 4) is 0 Å². The van der Waals surface area contributed by atoms with Gasteiger partial charge in [0, 0.05) is 22.1 Å². The summed E-state index contributed by atoms with van der Waals surface area (Å²) in [6, 6.07) is 4.94. The van der Waals surface area contributed by atoms with E-state index in [0.717, 1.165) is 11.8 Å². The van der Waals surface area contributed by atoms with Gasteiger partial charge in [-0.25, -0.2) is 0 Å². The van der Waals surface area contributed by atoms with E-state index in [0.29, 0.717) is 16.0 Å². The largest absolute Gasteiger partial charge is 0.492 e. The molecule has 0 atom stereocenters. The zero-order valence-electron chi connectivity index (χ0n) is 11.0. The first-order valence-electron chi connectivity index (χ1n) is 5.75. The molecule has 0 saturated carbocycles. The van der Waals surface area contributed by atoms with Crippen LogP contribution in [-0.4, -0.2) is 37.5 Å².